The van der Waals surface area contributed by atoms with E-state index in [-0.39, 0.29) is 18.2 Å². The molecule has 0 aromatic heterocycles. The summed E-state index contributed by atoms with van der Waals surface area (Å²) < 4.78 is 0. The molecule has 0 radical (unpaired) electrons. The smallest absolute Gasteiger partial charge is 0.248 e. The Labute approximate surface area is 140 Å². The van der Waals surface area contributed by atoms with Crippen molar-refractivity contribution >= 4 is 29.1 Å². The van der Waals surface area contributed by atoms with Crippen molar-refractivity contribution in [3.63, 3.8) is 0 Å². The van der Waals surface area contributed by atoms with Gasteiger partial charge in [0.1, 0.15) is 0 Å². The quantitative estimate of drug-likeness (QED) is 0.880. The SMILES string of the molecule is CC(=O)N(C)c1ccc(CC(=O)Nc2ccc(C(N)=O)cc2)cc1. The van der Waals surface area contributed by atoms with E-state index in [1.807, 2.05) is 12.1 Å². The second-order valence-corrected chi connectivity index (χ2v) is 5.41. The Kier molecular flexibility index (Phi) is 5.31. The maximum atomic E-state index is 12.1. The van der Waals surface area contributed by atoms with Crippen molar-refractivity contribution < 1.29 is 14.4 Å². The minimum absolute atomic E-state index is 0.0556. The molecule has 124 valence electrons. The van der Waals surface area contributed by atoms with Gasteiger partial charge in [0.15, 0.2) is 0 Å². The molecule has 0 fully saturated rings. The second-order valence-electron chi connectivity index (χ2n) is 5.41. The molecule has 0 atom stereocenters. The van der Waals surface area contributed by atoms with Gasteiger partial charge in [0.05, 0.1) is 6.42 Å². The number of carbonyl (C=O) groups excluding carboxylic acids is 3. The monoisotopic (exact) mass is 325 g/mol. The van der Waals surface area contributed by atoms with E-state index in [0.717, 1.165) is 11.3 Å². The lowest BCUT2D eigenvalue weighted by Crippen LogP contribution is -2.22. The average molecular weight is 325 g/mol. The van der Waals surface area contributed by atoms with E-state index in [4.69, 9.17) is 5.73 Å². The van der Waals surface area contributed by atoms with Gasteiger partial charge in [0, 0.05) is 30.9 Å². The van der Waals surface area contributed by atoms with Gasteiger partial charge in [-0.25, -0.2) is 0 Å². The molecule has 0 aliphatic rings. The molecule has 0 unspecified atom stereocenters. The third-order valence-electron chi connectivity index (χ3n) is 3.61. The fraction of sp³-hybridized carbons (Fsp3) is 0.167. The summed E-state index contributed by atoms with van der Waals surface area (Å²) in [5.74, 6) is -0.738. The average Bonchev–Trinajstić information content (AvgIpc) is 2.55. The van der Waals surface area contributed by atoms with E-state index in [0.29, 0.717) is 11.3 Å². The largest absolute Gasteiger partial charge is 0.366 e. The minimum atomic E-state index is -0.511. The number of hydrogen-bond donors (Lipinski definition) is 2. The Bertz CT molecular complexity index is 752. The number of primary amides is 1. The van der Waals surface area contributed by atoms with Crippen LogP contribution in [0.2, 0.25) is 0 Å². The minimum Gasteiger partial charge on any atom is -0.366 e. The highest BCUT2D eigenvalue weighted by atomic mass is 16.2. The number of anilines is 2. The predicted octanol–water partition coefficient (Wildman–Crippen LogP) is 1.95. The molecule has 2 aromatic rings. The van der Waals surface area contributed by atoms with Crippen LogP contribution in [-0.4, -0.2) is 24.8 Å². The molecule has 0 saturated carbocycles. The number of carbonyl (C=O) groups is 3. The molecule has 6 heteroatoms. The first-order valence-electron chi connectivity index (χ1n) is 7.40. The number of hydrogen-bond acceptors (Lipinski definition) is 3. The highest BCUT2D eigenvalue weighted by Gasteiger charge is 2.08. The van der Waals surface area contributed by atoms with E-state index < -0.39 is 5.91 Å². The van der Waals surface area contributed by atoms with E-state index in [9.17, 15) is 14.4 Å². The summed E-state index contributed by atoms with van der Waals surface area (Å²) in [6.07, 6.45) is 0.210. The first kappa shape index (κ1) is 17.2. The molecule has 0 bridgehead atoms. The number of nitrogens with zero attached hydrogens (tertiary/aromatic N) is 1. The van der Waals surface area contributed by atoms with Gasteiger partial charge < -0.3 is 16.0 Å². The lowest BCUT2D eigenvalue weighted by Gasteiger charge is -2.15. The molecular formula is C18H19N3O3. The summed E-state index contributed by atoms with van der Waals surface area (Å²) in [4.78, 5) is 35.9. The number of nitrogens with two attached hydrogens (primary N) is 1. The highest BCUT2D eigenvalue weighted by Crippen LogP contribution is 2.15. The standard InChI is InChI=1S/C18H19N3O3/c1-12(22)21(2)16-9-3-13(4-10-16)11-17(23)20-15-7-5-14(6-8-15)18(19)24/h3-10H,11H2,1-2H3,(H2,19,24)(H,20,23). The van der Waals surface area contributed by atoms with Crippen LogP contribution < -0.4 is 16.0 Å². The van der Waals surface area contributed by atoms with Crippen molar-refractivity contribution in [2.75, 3.05) is 17.3 Å². The van der Waals surface area contributed by atoms with Crippen LogP contribution in [0.5, 0.6) is 0 Å². The maximum Gasteiger partial charge on any atom is 0.248 e. The molecule has 0 spiro atoms. The summed E-state index contributed by atoms with van der Waals surface area (Å²) in [6.45, 7) is 1.49. The molecule has 0 saturated heterocycles. The third kappa shape index (κ3) is 4.42. The van der Waals surface area contributed by atoms with Crippen molar-refractivity contribution in [3.05, 3.63) is 59.7 Å². The first-order chi connectivity index (χ1) is 11.4. The topological polar surface area (TPSA) is 92.5 Å². The molecule has 2 rings (SSSR count). The lowest BCUT2D eigenvalue weighted by molar-refractivity contribution is -0.116. The molecular weight excluding hydrogens is 306 g/mol. The Morgan fingerprint density at radius 1 is 1.00 bits per heavy atom. The van der Waals surface area contributed by atoms with Crippen LogP contribution in [-0.2, 0) is 16.0 Å². The maximum absolute atomic E-state index is 12.1. The van der Waals surface area contributed by atoms with Crippen LogP contribution in [0.1, 0.15) is 22.8 Å². The van der Waals surface area contributed by atoms with Crippen molar-refractivity contribution in [1.82, 2.24) is 0 Å². The fourth-order valence-electron chi connectivity index (χ4n) is 2.13. The molecule has 6 nitrogen and oxygen atoms in total. The number of benzene rings is 2. The molecule has 2 aromatic carbocycles. The Hall–Kier alpha value is -3.15. The van der Waals surface area contributed by atoms with Gasteiger partial charge in [0.2, 0.25) is 17.7 Å². The fourth-order valence-corrected chi connectivity index (χ4v) is 2.13. The zero-order valence-electron chi connectivity index (χ0n) is 13.6. The van der Waals surface area contributed by atoms with Crippen LogP contribution in [0.4, 0.5) is 11.4 Å². The molecule has 0 aliphatic carbocycles. The van der Waals surface area contributed by atoms with Crippen molar-refractivity contribution in [2.45, 2.75) is 13.3 Å². The van der Waals surface area contributed by atoms with E-state index >= 15 is 0 Å². The van der Waals surface area contributed by atoms with E-state index in [2.05, 4.69) is 5.32 Å². The van der Waals surface area contributed by atoms with Gasteiger partial charge in [-0.2, -0.15) is 0 Å². The molecule has 3 N–H and O–H groups in total. The first-order valence-corrected chi connectivity index (χ1v) is 7.40. The molecule has 3 amide bonds. The van der Waals surface area contributed by atoms with Gasteiger partial charge in [-0.3, -0.25) is 14.4 Å². The van der Waals surface area contributed by atoms with Crippen LogP contribution in [0.15, 0.2) is 48.5 Å². The summed E-state index contributed by atoms with van der Waals surface area (Å²) in [5, 5.41) is 2.76. The second kappa shape index (κ2) is 7.41. The highest BCUT2D eigenvalue weighted by molar-refractivity contribution is 5.95. The Balaban J connectivity index is 1.97. The van der Waals surface area contributed by atoms with Gasteiger partial charge in [-0.05, 0) is 42.0 Å². The van der Waals surface area contributed by atoms with Crippen molar-refractivity contribution in [3.8, 4) is 0 Å². The zero-order valence-corrected chi connectivity index (χ0v) is 13.6. The van der Waals surface area contributed by atoms with E-state index in [1.54, 1.807) is 43.4 Å². The number of amides is 3. The van der Waals surface area contributed by atoms with Gasteiger partial charge in [-0.1, -0.05) is 12.1 Å². The van der Waals surface area contributed by atoms with Crippen LogP contribution in [0.25, 0.3) is 0 Å². The van der Waals surface area contributed by atoms with Crippen molar-refractivity contribution in [1.29, 1.82) is 0 Å². The zero-order chi connectivity index (χ0) is 17.7. The van der Waals surface area contributed by atoms with Crippen LogP contribution in [0.3, 0.4) is 0 Å². The molecule has 24 heavy (non-hydrogen) atoms. The lowest BCUT2D eigenvalue weighted by atomic mass is 10.1. The summed E-state index contributed by atoms with van der Waals surface area (Å²) >= 11 is 0. The summed E-state index contributed by atoms with van der Waals surface area (Å²) in [6, 6.07) is 13.6. The number of rotatable bonds is 5. The molecule has 0 heterocycles. The predicted molar refractivity (Wildman–Crippen MR) is 92.8 cm³/mol. The molecule has 0 aliphatic heterocycles. The van der Waals surface area contributed by atoms with Crippen LogP contribution in [0, 0.1) is 0 Å². The number of nitrogens with one attached hydrogen (secondary N) is 1. The van der Waals surface area contributed by atoms with Crippen LogP contribution >= 0.6 is 0 Å². The summed E-state index contributed by atoms with van der Waals surface area (Å²) in [5.41, 5.74) is 7.76. The van der Waals surface area contributed by atoms with Gasteiger partial charge in [-0.15, -0.1) is 0 Å². The summed E-state index contributed by atoms with van der Waals surface area (Å²) in [7, 11) is 1.69. The normalized spacial score (nSPS) is 10.1. The van der Waals surface area contributed by atoms with Gasteiger partial charge in [0.25, 0.3) is 0 Å². The Morgan fingerprint density at radius 2 is 1.58 bits per heavy atom. The van der Waals surface area contributed by atoms with Crippen molar-refractivity contribution in [2.24, 2.45) is 5.73 Å². The third-order valence-corrected chi connectivity index (χ3v) is 3.61. The Morgan fingerprint density at radius 3 is 2.08 bits per heavy atom. The van der Waals surface area contributed by atoms with E-state index in [1.165, 1.54) is 11.8 Å². The van der Waals surface area contributed by atoms with Gasteiger partial charge >= 0.3 is 0 Å².